The molecule has 88 valence electrons. The minimum atomic E-state index is -1.25. The minimum absolute atomic E-state index is 0.213. The number of aliphatic carboxylic acids is 1. The summed E-state index contributed by atoms with van der Waals surface area (Å²) in [6.07, 6.45) is 9.86. The van der Waals surface area contributed by atoms with Crippen molar-refractivity contribution in [2.45, 2.75) is 58.0 Å². The van der Waals surface area contributed by atoms with Crippen LogP contribution in [0.2, 0.25) is 0 Å². The third-order valence-corrected chi connectivity index (χ3v) is 2.29. The molecule has 0 aliphatic rings. The molecule has 0 saturated heterocycles. The fourth-order valence-electron chi connectivity index (χ4n) is 1.31. The minimum Gasteiger partial charge on any atom is -0.479 e. The molecule has 0 aromatic carbocycles. The molecule has 0 bridgehead atoms. The summed E-state index contributed by atoms with van der Waals surface area (Å²) in [4.78, 5) is 10.3. The van der Waals surface area contributed by atoms with Crippen LogP contribution >= 0.6 is 0 Å². The predicted octanol–water partition coefficient (Wildman–Crippen LogP) is 2.74. The SMILES string of the molecule is CCCCCCC/C=C\CC(O)C(=O)O. The molecule has 0 radical (unpaired) electrons. The van der Waals surface area contributed by atoms with E-state index in [4.69, 9.17) is 10.2 Å². The van der Waals surface area contributed by atoms with Crippen LogP contribution in [0.25, 0.3) is 0 Å². The van der Waals surface area contributed by atoms with Gasteiger partial charge in [-0.25, -0.2) is 4.79 Å². The van der Waals surface area contributed by atoms with Crippen molar-refractivity contribution in [3.63, 3.8) is 0 Å². The Balaban J connectivity index is 3.28. The van der Waals surface area contributed by atoms with Crippen LogP contribution in [-0.4, -0.2) is 22.3 Å². The first-order valence-corrected chi connectivity index (χ1v) is 5.74. The molecule has 15 heavy (non-hydrogen) atoms. The topological polar surface area (TPSA) is 57.5 Å². The molecule has 0 aliphatic carbocycles. The standard InChI is InChI=1S/C12H22O3/c1-2-3-4-5-6-7-8-9-10-11(13)12(14)15/h8-9,11,13H,2-7,10H2,1H3,(H,14,15)/b9-8-. The van der Waals surface area contributed by atoms with Crippen molar-refractivity contribution in [1.82, 2.24) is 0 Å². The summed E-state index contributed by atoms with van der Waals surface area (Å²) in [7, 11) is 0. The van der Waals surface area contributed by atoms with E-state index >= 15 is 0 Å². The molecule has 0 spiro atoms. The first kappa shape index (κ1) is 14.2. The van der Waals surface area contributed by atoms with Gasteiger partial charge in [0, 0.05) is 6.42 Å². The molecule has 1 unspecified atom stereocenters. The molecule has 0 aromatic heterocycles. The number of unbranched alkanes of at least 4 members (excludes halogenated alkanes) is 5. The van der Waals surface area contributed by atoms with Gasteiger partial charge in [0.2, 0.25) is 0 Å². The van der Waals surface area contributed by atoms with Crippen LogP contribution in [0.5, 0.6) is 0 Å². The van der Waals surface area contributed by atoms with Gasteiger partial charge >= 0.3 is 5.97 Å². The molecular weight excluding hydrogens is 192 g/mol. The second-order valence-corrected chi connectivity index (χ2v) is 3.76. The molecule has 2 N–H and O–H groups in total. The van der Waals surface area contributed by atoms with Crippen molar-refractivity contribution in [2.75, 3.05) is 0 Å². The second kappa shape index (κ2) is 9.71. The quantitative estimate of drug-likeness (QED) is 0.458. The lowest BCUT2D eigenvalue weighted by Gasteiger charge is -1.99. The van der Waals surface area contributed by atoms with E-state index in [9.17, 15) is 4.79 Å². The fraction of sp³-hybridized carbons (Fsp3) is 0.750. The van der Waals surface area contributed by atoms with Gasteiger partial charge in [0.25, 0.3) is 0 Å². The highest BCUT2D eigenvalue weighted by atomic mass is 16.4. The monoisotopic (exact) mass is 214 g/mol. The van der Waals surface area contributed by atoms with Gasteiger partial charge in [-0.3, -0.25) is 0 Å². The Morgan fingerprint density at radius 1 is 1.20 bits per heavy atom. The maximum atomic E-state index is 10.3. The molecule has 3 nitrogen and oxygen atoms in total. The van der Waals surface area contributed by atoms with Gasteiger partial charge in [-0.2, -0.15) is 0 Å². The number of carboxylic acid groups (broad SMARTS) is 1. The fourth-order valence-corrected chi connectivity index (χ4v) is 1.31. The summed E-state index contributed by atoms with van der Waals surface area (Å²) < 4.78 is 0. The van der Waals surface area contributed by atoms with E-state index < -0.39 is 12.1 Å². The van der Waals surface area contributed by atoms with Crippen molar-refractivity contribution in [1.29, 1.82) is 0 Å². The third kappa shape index (κ3) is 9.47. The lowest BCUT2D eigenvalue weighted by molar-refractivity contribution is -0.146. The van der Waals surface area contributed by atoms with Crippen molar-refractivity contribution in [3.05, 3.63) is 12.2 Å². The summed E-state index contributed by atoms with van der Waals surface area (Å²) in [5.41, 5.74) is 0. The number of aliphatic hydroxyl groups is 1. The molecule has 3 heteroatoms. The third-order valence-electron chi connectivity index (χ3n) is 2.29. The molecule has 0 saturated carbocycles. The van der Waals surface area contributed by atoms with E-state index in [-0.39, 0.29) is 6.42 Å². The van der Waals surface area contributed by atoms with Crippen molar-refractivity contribution in [3.8, 4) is 0 Å². The van der Waals surface area contributed by atoms with Crippen LogP contribution in [0.4, 0.5) is 0 Å². The highest BCUT2D eigenvalue weighted by Gasteiger charge is 2.09. The average Bonchev–Trinajstić information content (AvgIpc) is 2.21. The Bertz CT molecular complexity index is 187. The van der Waals surface area contributed by atoms with E-state index in [0.29, 0.717) is 0 Å². The van der Waals surface area contributed by atoms with Crippen molar-refractivity contribution >= 4 is 5.97 Å². The molecule has 0 fully saturated rings. The lowest BCUT2D eigenvalue weighted by Crippen LogP contribution is -2.17. The Morgan fingerprint density at radius 2 is 1.87 bits per heavy atom. The molecule has 0 rings (SSSR count). The van der Waals surface area contributed by atoms with Gasteiger partial charge in [-0.15, -0.1) is 0 Å². The Morgan fingerprint density at radius 3 is 2.47 bits per heavy atom. The summed E-state index contributed by atoms with van der Waals surface area (Å²) in [5.74, 6) is -1.15. The van der Waals surface area contributed by atoms with Gasteiger partial charge in [-0.05, 0) is 12.8 Å². The summed E-state index contributed by atoms with van der Waals surface area (Å²) >= 11 is 0. The van der Waals surface area contributed by atoms with Crippen LogP contribution in [0.15, 0.2) is 12.2 Å². The van der Waals surface area contributed by atoms with E-state index in [1.165, 1.54) is 25.7 Å². The molecule has 1 atom stereocenters. The number of aliphatic hydroxyl groups excluding tert-OH is 1. The maximum absolute atomic E-state index is 10.3. The highest BCUT2D eigenvalue weighted by molar-refractivity contribution is 5.72. The molecule has 0 aromatic rings. The Kier molecular flexibility index (Phi) is 9.18. The van der Waals surface area contributed by atoms with E-state index in [2.05, 4.69) is 6.92 Å². The summed E-state index contributed by atoms with van der Waals surface area (Å²) in [6.45, 7) is 2.19. The summed E-state index contributed by atoms with van der Waals surface area (Å²) in [5, 5.41) is 17.3. The van der Waals surface area contributed by atoms with Crippen LogP contribution in [0.3, 0.4) is 0 Å². The van der Waals surface area contributed by atoms with Crippen LogP contribution in [0.1, 0.15) is 51.9 Å². The maximum Gasteiger partial charge on any atom is 0.332 e. The summed E-state index contributed by atoms with van der Waals surface area (Å²) in [6, 6.07) is 0. The van der Waals surface area contributed by atoms with Gasteiger partial charge in [0.1, 0.15) is 0 Å². The number of rotatable bonds is 9. The normalized spacial score (nSPS) is 13.2. The Labute approximate surface area is 91.8 Å². The van der Waals surface area contributed by atoms with Crippen LogP contribution < -0.4 is 0 Å². The van der Waals surface area contributed by atoms with E-state index in [1.54, 1.807) is 6.08 Å². The number of carbonyl (C=O) groups is 1. The number of hydrogen-bond donors (Lipinski definition) is 2. The second-order valence-electron chi connectivity index (χ2n) is 3.76. The zero-order valence-electron chi connectivity index (χ0n) is 9.48. The van der Waals surface area contributed by atoms with Gasteiger partial charge in [0.05, 0.1) is 0 Å². The zero-order chi connectivity index (χ0) is 11.5. The van der Waals surface area contributed by atoms with Gasteiger partial charge in [-0.1, -0.05) is 44.8 Å². The largest absolute Gasteiger partial charge is 0.479 e. The first-order chi connectivity index (χ1) is 7.18. The Hall–Kier alpha value is -0.830. The van der Waals surface area contributed by atoms with Crippen LogP contribution in [-0.2, 0) is 4.79 Å². The average molecular weight is 214 g/mol. The number of allylic oxidation sites excluding steroid dienone is 1. The van der Waals surface area contributed by atoms with Crippen molar-refractivity contribution in [2.24, 2.45) is 0 Å². The van der Waals surface area contributed by atoms with E-state index in [1.807, 2.05) is 6.08 Å². The molecular formula is C12H22O3. The highest BCUT2D eigenvalue weighted by Crippen LogP contribution is 2.05. The zero-order valence-corrected chi connectivity index (χ0v) is 9.48. The van der Waals surface area contributed by atoms with Crippen LogP contribution in [0, 0.1) is 0 Å². The predicted molar refractivity (Wildman–Crippen MR) is 60.8 cm³/mol. The smallest absolute Gasteiger partial charge is 0.332 e. The lowest BCUT2D eigenvalue weighted by atomic mass is 10.1. The van der Waals surface area contributed by atoms with Crippen molar-refractivity contribution < 1.29 is 15.0 Å². The molecule has 0 aliphatic heterocycles. The van der Waals surface area contributed by atoms with Gasteiger partial charge < -0.3 is 10.2 Å². The van der Waals surface area contributed by atoms with E-state index in [0.717, 1.165) is 12.8 Å². The van der Waals surface area contributed by atoms with Gasteiger partial charge in [0.15, 0.2) is 6.10 Å². The number of carboxylic acids is 1. The number of hydrogen-bond acceptors (Lipinski definition) is 2. The first-order valence-electron chi connectivity index (χ1n) is 5.74. The molecule has 0 heterocycles. The molecule has 0 amide bonds.